The standard InChI is InChI=1S/C14H20N2O3/c1-9-4-10(2)12(11(5-9)18-3)16-13(17)14(6-15)7-19-8-14/h4-5H,6-8,15H2,1-3H3,(H,16,17). The molecule has 1 aliphatic heterocycles. The van der Waals surface area contributed by atoms with Gasteiger partial charge in [0.1, 0.15) is 11.2 Å². The zero-order valence-corrected chi connectivity index (χ0v) is 11.6. The lowest BCUT2D eigenvalue weighted by Gasteiger charge is -2.38. The summed E-state index contributed by atoms with van der Waals surface area (Å²) >= 11 is 0. The van der Waals surface area contributed by atoms with E-state index in [0.717, 1.165) is 11.1 Å². The predicted octanol–water partition coefficient (Wildman–Crippen LogP) is 1.23. The Morgan fingerprint density at radius 3 is 2.63 bits per heavy atom. The smallest absolute Gasteiger partial charge is 0.236 e. The van der Waals surface area contributed by atoms with Crippen LogP contribution in [0.3, 0.4) is 0 Å². The average Bonchev–Trinajstić information content (AvgIpc) is 2.31. The van der Waals surface area contributed by atoms with Gasteiger partial charge in [-0.05, 0) is 31.0 Å². The van der Waals surface area contributed by atoms with Crippen molar-refractivity contribution in [3.63, 3.8) is 0 Å². The Labute approximate surface area is 113 Å². The molecule has 3 N–H and O–H groups in total. The fraction of sp³-hybridized carbons (Fsp3) is 0.500. The SMILES string of the molecule is COc1cc(C)cc(C)c1NC(=O)C1(CN)COC1. The number of hydrogen-bond donors (Lipinski definition) is 2. The lowest BCUT2D eigenvalue weighted by Crippen LogP contribution is -2.56. The van der Waals surface area contributed by atoms with Gasteiger partial charge in [-0.2, -0.15) is 0 Å². The summed E-state index contributed by atoms with van der Waals surface area (Å²) in [4.78, 5) is 12.3. The van der Waals surface area contributed by atoms with Crippen molar-refractivity contribution in [2.45, 2.75) is 13.8 Å². The van der Waals surface area contributed by atoms with Crippen LogP contribution in [0.2, 0.25) is 0 Å². The highest BCUT2D eigenvalue weighted by atomic mass is 16.5. The number of nitrogens with two attached hydrogens (primary N) is 1. The predicted molar refractivity (Wildman–Crippen MR) is 73.4 cm³/mol. The van der Waals surface area contributed by atoms with Gasteiger partial charge in [-0.25, -0.2) is 0 Å². The number of carbonyl (C=O) groups is 1. The van der Waals surface area contributed by atoms with Crippen molar-refractivity contribution in [2.75, 3.05) is 32.2 Å². The van der Waals surface area contributed by atoms with E-state index in [4.69, 9.17) is 15.2 Å². The van der Waals surface area contributed by atoms with E-state index in [9.17, 15) is 4.79 Å². The molecule has 2 rings (SSSR count). The van der Waals surface area contributed by atoms with Crippen LogP contribution in [-0.2, 0) is 9.53 Å². The number of ether oxygens (including phenoxy) is 2. The van der Waals surface area contributed by atoms with Gasteiger partial charge in [0.25, 0.3) is 0 Å². The van der Waals surface area contributed by atoms with E-state index in [1.54, 1.807) is 7.11 Å². The molecular weight excluding hydrogens is 244 g/mol. The second-order valence-electron chi connectivity index (χ2n) is 5.09. The molecule has 1 aliphatic rings. The third-order valence-corrected chi connectivity index (χ3v) is 3.53. The van der Waals surface area contributed by atoms with E-state index in [2.05, 4.69) is 5.32 Å². The topological polar surface area (TPSA) is 73.6 Å². The molecule has 1 fully saturated rings. The summed E-state index contributed by atoms with van der Waals surface area (Å²) in [6.07, 6.45) is 0. The molecule has 1 aromatic carbocycles. The molecule has 0 unspecified atom stereocenters. The monoisotopic (exact) mass is 264 g/mol. The highest BCUT2D eigenvalue weighted by molar-refractivity contribution is 5.98. The molecule has 0 aliphatic carbocycles. The van der Waals surface area contributed by atoms with Gasteiger partial charge in [0.05, 0.1) is 26.0 Å². The summed E-state index contributed by atoms with van der Waals surface area (Å²) in [5.74, 6) is 0.560. The van der Waals surface area contributed by atoms with Crippen LogP contribution in [-0.4, -0.2) is 32.8 Å². The molecule has 0 bridgehead atoms. The fourth-order valence-electron chi connectivity index (χ4n) is 2.19. The van der Waals surface area contributed by atoms with Crippen molar-refractivity contribution in [1.29, 1.82) is 0 Å². The number of nitrogens with one attached hydrogen (secondary N) is 1. The molecular formula is C14H20N2O3. The van der Waals surface area contributed by atoms with Gasteiger partial charge < -0.3 is 20.5 Å². The van der Waals surface area contributed by atoms with Crippen molar-refractivity contribution >= 4 is 11.6 Å². The third-order valence-electron chi connectivity index (χ3n) is 3.53. The lowest BCUT2D eigenvalue weighted by molar-refractivity contribution is -0.153. The minimum atomic E-state index is -0.595. The first-order valence-corrected chi connectivity index (χ1v) is 6.27. The van der Waals surface area contributed by atoms with Crippen LogP contribution in [0.1, 0.15) is 11.1 Å². The second kappa shape index (κ2) is 5.19. The second-order valence-corrected chi connectivity index (χ2v) is 5.09. The molecule has 0 radical (unpaired) electrons. The summed E-state index contributed by atoms with van der Waals surface area (Å²) in [5, 5.41) is 2.93. The number of methoxy groups -OCH3 is 1. The maximum atomic E-state index is 12.3. The Morgan fingerprint density at radius 2 is 2.16 bits per heavy atom. The first-order chi connectivity index (χ1) is 9.02. The molecule has 0 saturated carbocycles. The summed E-state index contributed by atoms with van der Waals surface area (Å²) in [6.45, 7) is 4.97. The van der Waals surface area contributed by atoms with Crippen LogP contribution >= 0.6 is 0 Å². The maximum Gasteiger partial charge on any atom is 0.236 e. The molecule has 19 heavy (non-hydrogen) atoms. The Hall–Kier alpha value is -1.59. The number of rotatable bonds is 4. The molecule has 0 spiro atoms. The number of benzene rings is 1. The summed E-state index contributed by atoms with van der Waals surface area (Å²) in [6, 6.07) is 3.90. The third kappa shape index (κ3) is 2.43. The largest absolute Gasteiger partial charge is 0.495 e. The van der Waals surface area contributed by atoms with Crippen LogP contribution in [0.25, 0.3) is 0 Å². The molecule has 5 heteroatoms. The maximum absolute atomic E-state index is 12.3. The van der Waals surface area contributed by atoms with Gasteiger partial charge in [0, 0.05) is 6.54 Å². The van der Waals surface area contributed by atoms with E-state index < -0.39 is 5.41 Å². The van der Waals surface area contributed by atoms with Gasteiger partial charge in [0.15, 0.2) is 0 Å². The first-order valence-electron chi connectivity index (χ1n) is 6.27. The van der Waals surface area contributed by atoms with E-state index >= 15 is 0 Å². The van der Waals surface area contributed by atoms with Crippen molar-refractivity contribution in [1.82, 2.24) is 0 Å². The zero-order valence-electron chi connectivity index (χ0n) is 11.6. The number of amides is 1. The molecule has 104 valence electrons. The zero-order chi connectivity index (χ0) is 14.0. The van der Waals surface area contributed by atoms with Gasteiger partial charge >= 0.3 is 0 Å². The average molecular weight is 264 g/mol. The van der Waals surface area contributed by atoms with Crippen LogP contribution in [0, 0.1) is 19.3 Å². The van der Waals surface area contributed by atoms with Gasteiger partial charge in [-0.1, -0.05) is 6.07 Å². The highest BCUT2D eigenvalue weighted by Gasteiger charge is 2.45. The summed E-state index contributed by atoms with van der Waals surface area (Å²) in [5.41, 5.74) is 7.86. The van der Waals surface area contributed by atoms with Crippen molar-refractivity contribution in [3.8, 4) is 5.75 Å². The van der Waals surface area contributed by atoms with E-state index in [1.807, 2.05) is 26.0 Å². The normalized spacial score (nSPS) is 16.6. The van der Waals surface area contributed by atoms with Gasteiger partial charge in [-0.3, -0.25) is 4.79 Å². The van der Waals surface area contributed by atoms with Crippen LogP contribution in [0.5, 0.6) is 5.75 Å². The number of hydrogen-bond acceptors (Lipinski definition) is 4. The summed E-state index contributed by atoms with van der Waals surface area (Å²) < 4.78 is 10.5. The highest BCUT2D eigenvalue weighted by Crippen LogP contribution is 2.33. The van der Waals surface area contributed by atoms with E-state index in [1.165, 1.54) is 0 Å². The minimum absolute atomic E-state index is 0.105. The quantitative estimate of drug-likeness (QED) is 0.857. The molecule has 1 heterocycles. The van der Waals surface area contributed by atoms with Gasteiger partial charge in [-0.15, -0.1) is 0 Å². The van der Waals surface area contributed by atoms with Crippen molar-refractivity contribution < 1.29 is 14.3 Å². The van der Waals surface area contributed by atoms with E-state index in [-0.39, 0.29) is 12.5 Å². The van der Waals surface area contributed by atoms with Crippen LogP contribution in [0.15, 0.2) is 12.1 Å². The Balaban J connectivity index is 2.26. The molecule has 0 atom stereocenters. The van der Waals surface area contributed by atoms with Crippen LogP contribution in [0.4, 0.5) is 5.69 Å². The fourth-order valence-corrected chi connectivity index (χ4v) is 2.19. The Bertz CT molecular complexity index is 490. The van der Waals surface area contributed by atoms with E-state index in [0.29, 0.717) is 24.7 Å². The molecule has 0 aromatic heterocycles. The molecule has 1 aromatic rings. The lowest BCUT2D eigenvalue weighted by atomic mass is 9.85. The van der Waals surface area contributed by atoms with Crippen molar-refractivity contribution in [3.05, 3.63) is 23.3 Å². The molecule has 1 amide bonds. The summed E-state index contributed by atoms with van der Waals surface area (Å²) in [7, 11) is 1.59. The van der Waals surface area contributed by atoms with Gasteiger partial charge in [0.2, 0.25) is 5.91 Å². The molecule has 5 nitrogen and oxygen atoms in total. The van der Waals surface area contributed by atoms with Crippen molar-refractivity contribution in [2.24, 2.45) is 11.1 Å². The van der Waals surface area contributed by atoms with Crippen LogP contribution < -0.4 is 15.8 Å². The number of aryl methyl sites for hydroxylation is 2. The Kier molecular flexibility index (Phi) is 3.78. The number of carbonyl (C=O) groups excluding carboxylic acids is 1. The minimum Gasteiger partial charge on any atom is -0.495 e. The first kappa shape index (κ1) is 13.8. The molecule has 1 saturated heterocycles. The number of anilines is 1. The Morgan fingerprint density at radius 1 is 1.47 bits per heavy atom.